The van der Waals surface area contributed by atoms with Crippen LogP contribution in [0.25, 0.3) is 43.2 Å². The molecule has 0 unspecified atom stereocenters. The van der Waals surface area contributed by atoms with E-state index < -0.39 is 64.3 Å². The Labute approximate surface area is 356 Å². The van der Waals surface area contributed by atoms with Crippen molar-refractivity contribution in [2.45, 2.75) is 32.6 Å². The minimum Gasteiger partial charge on any atom is -0.505 e. The van der Waals surface area contributed by atoms with E-state index in [4.69, 9.17) is 21.1 Å². The molecule has 2 aliphatic carbocycles. The molecule has 0 bridgehead atoms. The van der Waals surface area contributed by atoms with E-state index in [-0.39, 0.29) is 30.1 Å². The number of fused-ring (bicyclic) bond motifs is 6. The van der Waals surface area contributed by atoms with Crippen LogP contribution in [-0.4, -0.2) is 43.5 Å². The predicted molar refractivity (Wildman–Crippen MR) is 228 cm³/mol. The van der Waals surface area contributed by atoms with Crippen LogP contribution in [0, 0.1) is 41.8 Å². The highest BCUT2D eigenvalue weighted by Gasteiger charge is 2.68. The lowest BCUT2D eigenvalue weighted by atomic mass is 9.51. The molecule has 2 aliphatic heterocycles. The number of phenolic OH excluding ortho intramolecular Hbond substituents is 1. The zero-order chi connectivity index (χ0) is 42.2. The molecule has 3 fully saturated rings. The number of nitrogens with zero attached hydrogens (tertiary/aromatic N) is 5. The van der Waals surface area contributed by atoms with E-state index in [9.17, 15) is 19.5 Å². The van der Waals surface area contributed by atoms with Gasteiger partial charge in [-0.2, -0.15) is 5.10 Å². The predicted octanol–water partition coefficient (Wildman–Crippen LogP) is 9.35. The van der Waals surface area contributed by atoms with Crippen molar-refractivity contribution in [3.8, 4) is 27.8 Å². The van der Waals surface area contributed by atoms with Crippen molar-refractivity contribution in [1.82, 2.24) is 14.8 Å². The zero-order valence-electron chi connectivity index (χ0n) is 32.9. The summed E-state index contributed by atoms with van der Waals surface area (Å²) in [7, 11) is 1.67. The van der Waals surface area contributed by atoms with Crippen molar-refractivity contribution in [3.63, 3.8) is 0 Å². The second-order valence-electron chi connectivity index (χ2n) is 16.6. The SMILES string of the molecule is Cc1c(-c2cc(N3C(=O)[C@@H]4C[C@@H]5C(=CC[C@@H]6C(=O)N(c7ccc(-c8nc9ccccc9o8)cc7)C(=O)[C@@H]65)[C@H](c5cccc(F)c5O)[C@]4(C)C3=O)n(C)n2)sc2ccc(Cl)cc12. The third-order valence-corrected chi connectivity index (χ3v) is 15.0. The molecule has 61 heavy (non-hydrogen) atoms. The van der Waals surface area contributed by atoms with Gasteiger partial charge in [0.2, 0.25) is 29.5 Å². The van der Waals surface area contributed by atoms with Crippen molar-refractivity contribution >= 4 is 79.3 Å². The molecule has 4 aromatic carbocycles. The largest absolute Gasteiger partial charge is 0.505 e. The topological polar surface area (TPSA) is 139 Å². The number of para-hydroxylation sites is 3. The number of hydrogen-bond donors (Lipinski definition) is 1. The molecular weight excluding hydrogens is 817 g/mol. The quantitative estimate of drug-likeness (QED) is 0.134. The Kier molecular flexibility index (Phi) is 8.17. The minimum absolute atomic E-state index is 0.0849. The second kappa shape index (κ2) is 13.3. The first-order valence-electron chi connectivity index (χ1n) is 20.0. The molecule has 1 N–H and O–H groups in total. The van der Waals surface area contributed by atoms with Crippen LogP contribution in [0.4, 0.5) is 15.9 Å². The Balaban J connectivity index is 0.971. The van der Waals surface area contributed by atoms with E-state index in [0.29, 0.717) is 44.5 Å². The number of carbonyl (C=O) groups is 4. The van der Waals surface area contributed by atoms with E-state index in [1.165, 1.54) is 27.0 Å². The first kappa shape index (κ1) is 37.6. The highest BCUT2D eigenvalue weighted by molar-refractivity contribution is 7.22. The highest BCUT2D eigenvalue weighted by Crippen LogP contribution is 2.64. The molecule has 1 saturated carbocycles. The Morgan fingerprint density at radius 2 is 1.70 bits per heavy atom. The third-order valence-electron chi connectivity index (χ3n) is 13.5. The van der Waals surface area contributed by atoms with Crippen LogP contribution in [0.3, 0.4) is 0 Å². The van der Waals surface area contributed by atoms with Gasteiger partial charge in [0.05, 0.1) is 33.7 Å². The third kappa shape index (κ3) is 5.26. The van der Waals surface area contributed by atoms with Crippen LogP contribution in [0.5, 0.6) is 5.75 Å². The molecule has 7 aromatic rings. The summed E-state index contributed by atoms with van der Waals surface area (Å²) >= 11 is 7.85. The number of carbonyl (C=O) groups excluding carboxylic acids is 4. The van der Waals surface area contributed by atoms with Gasteiger partial charge in [-0.05, 0) is 104 Å². The zero-order valence-corrected chi connectivity index (χ0v) is 34.5. The van der Waals surface area contributed by atoms with Crippen molar-refractivity contribution in [1.29, 1.82) is 0 Å². The average Bonchev–Trinajstić information content (AvgIpc) is 4.04. The van der Waals surface area contributed by atoms with Crippen LogP contribution >= 0.6 is 22.9 Å². The first-order valence-corrected chi connectivity index (χ1v) is 21.2. The Hall–Kier alpha value is -6.44. The summed E-state index contributed by atoms with van der Waals surface area (Å²) in [6, 6.07) is 25.8. The number of amides is 4. The van der Waals surface area contributed by atoms with Crippen molar-refractivity contribution < 1.29 is 33.1 Å². The molecule has 6 atom stereocenters. The number of anilines is 2. The summed E-state index contributed by atoms with van der Waals surface area (Å²) in [5.74, 6) is -6.91. The van der Waals surface area contributed by atoms with Gasteiger partial charge >= 0.3 is 0 Å². The van der Waals surface area contributed by atoms with Gasteiger partial charge in [-0.15, -0.1) is 11.3 Å². The molecule has 4 amide bonds. The average molecular weight is 852 g/mol. The van der Waals surface area contributed by atoms with E-state index in [1.807, 2.05) is 55.5 Å². The molecule has 5 heterocycles. The van der Waals surface area contributed by atoms with E-state index in [1.54, 1.807) is 50.4 Å². The van der Waals surface area contributed by atoms with E-state index >= 15 is 9.18 Å². The van der Waals surface area contributed by atoms with E-state index in [0.717, 1.165) is 31.5 Å². The van der Waals surface area contributed by atoms with Crippen LogP contribution < -0.4 is 9.80 Å². The van der Waals surface area contributed by atoms with Gasteiger partial charge in [-0.25, -0.2) is 14.3 Å². The van der Waals surface area contributed by atoms with Gasteiger partial charge in [0, 0.05) is 39.9 Å². The van der Waals surface area contributed by atoms with Gasteiger partial charge < -0.3 is 9.52 Å². The lowest BCUT2D eigenvalue weighted by Crippen LogP contribution is -2.49. The smallest absolute Gasteiger partial charge is 0.242 e. The summed E-state index contributed by atoms with van der Waals surface area (Å²) in [5, 5.41) is 17.7. The van der Waals surface area contributed by atoms with Gasteiger partial charge in [-0.3, -0.25) is 28.8 Å². The van der Waals surface area contributed by atoms with Gasteiger partial charge in [-0.1, -0.05) is 47.5 Å². The Morgan fingerprint density at radius 1 is 0.918 bits per heavy atom. The number of allylic oxidation sites excluding steroid dienone is 2. The van der Waals surface area contributed by atoms with Crippen molar-refractivity contribution in [2.24, 2.45) is 36.1 Å². The number of hydrogen-bond acceptors (Lipinski definition) is 9. The van der Waals surface area contributed by atoms with Crippen molar-refractivity contribution in [3.05, 3.63) is 125 Å². The lowest BCUT2D eigenvalue weighted by molar-refractivity contribution is -0.131. The molecule has 0 radical (unpaired) electrons. The number of phenols is 1. The summed E-state index contributed by atoms with van der Waals surface area (Å²) < 4.78 is 23.7. The van der Waals surface area contributed by atoms with Crippen LogP contribution in [-0.2, 0) is 26.2 Å². The second-order valence-corrected chi connectivity index (χ2v) is 18.1. The van der Waals surface area contributed by atoms with Crippen LogP contribution in [0.2, 0.25) is 5.02 Å². The number of benzene rings is 4. The molecule has 11 nitrogen and oxygen atoms in total. The molecule has 0 spiro atoms. The standard InChI is InChI=1S/C47H35ClFN5O6S/c1-22-29-19-24(48)13-18-36(29)61-41(22)34-21-37(52(3)51-34)54-44(57)31-20-30-26(39(47(31,2)46(54)59)28-7-6-8-32(49)40(28)55)16-17-27-38(30)45(58)53(43(27)56)25-14-11-23(12-15-25)42-50-33-9-4-5-10-35(33)60-42/h4-16,18-19,21,27,30-31,38-39,55H,17,20H2,1-3H3/t27-,30+,31-,38-,39+,47+/m0/s1. The number of aromatic hydroxyl groups is 1. The molecule has 11 rings (SSSR count). The van der Waals surface area contributed by atoms with Gasteiger partial charge in [0.15, 0.2) is 17.1 Å². The first-order chi connectivity index (χ1) is 29.3. The summed E-state index contributed by atoms with van der Waals surface area (Å²) in [6.45, 7) is 3.67. The molecular formula is C47H35ClFN5O6S. The fourth-order valence-corrected chi connectivity index (χ4v) is 11.9. The summed E-state index contributed by atoms with van der Waals surface area (Å²) in [5.41, 5.74) is 3.19. The molecule has 304 valence electrons. The molecule has 14 heteroatoms. The molecule has 4 aliphatic rings. The number of halogens is 2. The maximum Gasteiger partial charge on any atom is 0.242 e. The number of imide groups is 2. The Bertz CT molecular complexity index is 3080. The van der Waals surface area contributed by atoms with Crippen LogP contribution in [0.1, 0.15) is 36.8 Å². The number of aromatic nitrogens is 3. The van der Waals surface area contributed by atoms with Gasteiger partial charge in [0.25, 0.3) is 0 Å². The number of aryl methyl sites for hydroxylation is 2. The van der Waals surface area contributed by atoms with Gasteiger partial charge in [0.1, 0.15) is 17.0 Å². The van der Waals surface area contributed by atoms with Crippen molar-refractivity contribution in [2.75, 3.05) is 9.80 Å². The fraction of sp³-hybridized carbons (Fsp3) is 0.234. The summed E-state index contributed by atoms with van der Waals surface area (Å²) in [6.07, 6.45) is 2.14. The summed E-state index contributed by atoms with van der Waals surface area (Å²) in [4.78, 5) is 66.8. The maximum atomic E-state index is 15.3. The fourth-order valence-electron chi connectivity index (χ4n) is 10.6. The Morgan fingerprint density at radius 3 is 2.49 bits per heavy atom. The maximum absolute atomic E-state index is 15.3. The molecule has 3 aromatic heterocycles. The molecule has 2 saturated heterocycles. The highest BCUT2D eigenvalue weighted by atomic mass is 35.5. The number of rotatable bonds is 5. The number of thiophene rings is 1. The number of oxazole rings is 1. The lowest BCUT2D eigenvalue weighted by Gasteiger charge is -2.49. The monoisotopic (exact) mass is 851 g/mol. The normalized spacial score (nSPS) is 24.8. The minimum atomic E-state index is -1.50. The van der Waals surface area contributed by atoms with E-state index in [2.05, 4.69) is 4.98 Å². The van der Waals surface area contributed by atoms with Crippen LogP contribution in [0.15, 0.2) is 107 Å².